The van der Waals surface area contributed by atoms with Crippen LogP contribution in [0.15, 0.2) is 22.7 Å². The average molecular weight is 545 g/mol. The fourth-order valence-corrected chi connectivity index (χ4v) is 8.19. The SMILES string of the molecule is COC/C=C1\CN2[C@H]3C[C@H]1C1COC4=Nc5cc6c(c(O[C@@H]7O[C@H](CO)[C@@H](O)[C@H](O)[C@H]7O)c5[C@]43C[C@@H]12)OCO6. The van der Waals surface area contributed by atoms with Crippen molar-refractivity contribution < 1.29 is 48.8 Å². The van der Waals surface area contributed by atoms with Crippen molar-refractivity contribution in [2.45, 2.75) is 61.0 Å². The molecular weight excluding hydrogens is 512 g/mol. The third-order valence-electron chi connectivity index (χ3n) is 9.91. The third kappa shape index (κ3) is 3.10. The predicted molar refractivity (Wildman–Crippen MR) is 132 cm³/mol. The van der Waals surface area contributed by atoms with Gasteiger partial charge in [0.05, 0.1) is 30.9 Å². The Morgan fingerprint density at radius 3 is 2.87 bits per heavy atom. The van der Waals surface area contributed by atoms with Crippen molar-refractivity contribution in [1.82, 2.24) is 4.90 Å². The minimum atomic E-state index is -1.57. The van der Waals surface area contributed by atoms with Gasteiger partial charge >= 0.3 is 0 Å². The molecule has 1 aromatic carbocycles. The second-order valence-electron chi connectivity index (χ2n) is 11.5. The van der Waals surface area contributed by atoms with Gasteiger partial charge in [-0.25, -0.2) is 4.99 Å². The molecule has 9 rings (SSSR count). The summed E-state index contributed by atoms with van der Waals surface area (Å²) in [4.78, 5) is 7.55. The van der Waals surface area contributed by atoms with E-state index in [9.17, 15) is 20.4 Å². The molecule has 0 aromatic heterocycles. The lowest BCUT2D eigenvalue weighted by atomic mass is 9.68. The number of fused-ring (bicyclic) bond motifs is 3. The highest BCUT2D eigenvalue weighted by Crippen LogP contribution is 2.66. The first kappa shape index (κ1) is 24.4. The molecule has 39 heavy (non-hydrogen) atoms. The molecule has 0 radical (unpaired) electrons. The molecular formula is C27H32N2O10. The Bertz CT molecular complexity index is 1270. The van der Waals surface area contributed by atoms with Gasteiger partial charge in [-0.2, -0.15) is 0 Å². The Balaban J connectivity index is 1.24. The van der Waals surface area contributed by atoms with Crippen molar-refractivity contribution in [3.05, 3.63) is 23.3 Å². The van der Waals surface area contributed by atoms with E-state index >= 15 is 0 Å². The van der Waals surface area contributed by atoms with Gasteiger partial charge in [-0.15, -0.1) is 0 Å². The van der Waals surface area contributed by atoms with Gasteiger partial charge in [-0.3, -0.25) is 4.90 Å². The van der Waals surface area contributed by atoms with E-state index in [0.717, 1.165) is 24.9 Å². The number of hydrogen-bond acceptors (Lipinski definition) is 12. The molecule has 6 saturated heterocycles. The van der Waals surface area contributed by atoms with E-state index in [-0.39, 0.29) is 12.8 Å². The van der Waals surface area contributed by atoms with Crippen molar-refractivity contribution in [2.75, 3.05) is 40.3 Å². The normalized spacial score (nSPS) is 45.2. The highest BCUT2D eigenvalue weighted by atomic mass is 16.7. The molecule has 12 nitrogen and oxygen atoms in total. The van der Waals surface area contributed by atoms with E-state index in [2.05, 4.69) is 11.0 Å². The highest BCUT2D eigenvalue weighted by molar-refractivity contribution is 6.00. The minimum Gasteiger partial charge on any atom is -0.480 e. The zero-order chi connectivity index (χ0) is 26.6. The van der Waals surface area contributed by atoms with E-state index in [0.29, 0.717) is 59.9 Å². The van der Waals surface area contributed by atoms with E-state index in [1.807, 2.05) is 6.07 Å². The van der Waals surface area contributed by atoms with Gasteiger partial charge in [0, 0.05) is 43.3 Å². The summed E-state index contributed by atoms with van der Waals surface area (Å²) in [5, 5.41) is 41.2. The van der Waals surface area contributed by atoms with Crippen LogP contribution in [0.3, 0.4) is 0 Å². The molecule has 1 spiro atoms. The van der Waals surface area contributed by atoms with Gasteiger partial charge in [0.2, 0.25) is 24.7 Å². The van der Waals surface area contributed by atoms with Crippen molar-refractivity contribution >= 4 is 11.6 Å². The Kier molecular flexibility index (Phi) is 5.32. The smallest absolute Gasteiger partial charge is 0.231 e. The topological polar surface area (TPSA) is 152 Å². The average Bonchev–Trinajstić information content (AvgIpc) is 3.56. The summed E-state index contributed by atoms with van der Waals surface area (Å²) in [5.41, 5.74) is 2.28. The molecule has 0 amide bonds. The lowest BCUT2D eigenvalue weighted by molar-refractivity contribution is -0.277. The zero-order valence-electron chi connectivity index (χ0n) is 21.4. The molecule has 8 heterocycles. The van der Waals surface area contributed by atoms with E-state index < -0.39 is 42.7 Å². The van der Waals surface area contributed by atoms with E-state index in [1.165, 1.54) is 5.57 Å². The van der Waals surface area contributed by atoms with Crippen LogP contribution in [0.1, 0.15) is 18.4 Å². The molecule has 0 saturated carbocycles. The van der Waals surface area contributed by atoms with Crippen LogP contribution in [0.5, 0.6) is 17.2 Å². The first-order valence-corrected chi connectivity index (χ1v) is 13.6. The van der Waals surface area contributed by atoms with Crippen molar-refractivity contribution in [1.29, 1.82) is 0 Å². The number of hydrogen-bond donors (Lipinski definition) is 4. The van der Waals surface area contributed by atoms with Crippen LogP contribution >= 0.6 is 0 Å². The summed E-state index contributed by atoms with van der Waals surface area (Å²) < 4.78 is 35.5. The molecule has 8 aliphatic heterocycles. The maximum Gasteiger partial charge on any atom is 0.231 e. The van der Waals surface area contributed by atoms with Gasteiger partial charge < -0.3 is 48.8 Å². The molecule has 8 aliphatic rings. The number of nitrogens with zero attached hydrogens (tertiary/aromatic N) is 2. The van der Waals surface area contributed by atoms with Crippen LogP contribution in [-0.2, 0) is 19.6 Å². The van der Waals surface area contributed by atoms with Gasteiger partial charge in [0.25, 0.3) is 0 Å². The van der Waals surface area contributed by atoms with Crippen LogP contribution in [0.25, 0.3) is 0 Å². The number of piperidine rings is 3. The molecule has 1 aromatic rings. The lowest BCUT2D eigenvalue weighted by Crippen LogP contribution is -2.61. The molecule has 5 bridgehead atoms. The first-order valence-electron chi connectivity index (χ1n) is 13.6. The third-order valence-corrected chi connectivity index (χ3v) is 9.91. The summed E-state index contributed by atoms with van der Waals surface area (Å²) in [7, 11) is 1.71. The number of rotatable bonds is 5. The summed E-state index contributed by atoms with van der Waals surface area (Å²) in [5.74, 6) is 2.56. The van der Waals surface area contributed by atoms with Crippen molar-refractivity contribution in [3.63, 3.8) is 0 Å². The highest BCUT2D eigenvalue weighted by Gasteiger charge is 2.70. The Hall–Kier alpha value is -2.45. The number of aliphatic imine (C=N–C) groups is 1. The zero-order valence-corrected chi connectivity index (χ0v) is 21.4. The van der Waals surface area contributed by atoms with Crippen LogP contribution in [0, 0.1) is 11.8 Å². The van der Waals surface area contributed by atoms with E-state index in [4.69, 9.17) is 33.4 Å². The fraction of sp³-hybridized carbons (Fsp3) is 0.667. The quantitative estimate of drug-likeness (QED) is 0.358. The van der Waals surface area contributed by atoms with Crippen molar-refractivity contribution in [3.8, 4) is 17.2 Å². The Labute approximate surface area is 224 Å². The summed E-state index contributed by atoms with van der Waals surface area (Å²) in [6, 6.07) is 2.29. The number of ether oxygens (including phenoxy) is 6. The summed E-state index contributed by atoms with van der Waals surface area (Å²) in [6.45, 7) is 1.48. The number of benzene rings is 1. The van der Waals surface area contributed by atoms with Gasteiger partial charge in [-0.1, -0.05) is 11.6 Å². The van der Waals surface area contributed by atoms with Crippen molar-refractivity contribution in [2.24, 2.45) is 16.8 Å². The number of aliphatic hydroxyl groups excluding tert-OH is 4. The van der Waals surface area contributed by atoms with Crippen LogP contribution in [0.4, 0.5) is 5.69 Å². The van der Waals surface area contributed by atoms with Gasteiger partial charge in [0.1, 0.15) is 24.4 Å². The number of aliphatic hydroxyl groups is 4. The van der Waals surface area contributed by atoms with Crippen LogP contribution in [-0.4, -0.2) is 114 Å². The second-order valence-corrected chi connectivity index (χ2v) is 11.5. The van der Waals surface area contributed by atoms with Gasteiger partial charge in [0.15, 0.2) is 11.5 Å². The predicted octanol–water partition coefficient (Wildman–Crippen LogP) is -0.429. The lowest BCUT2D eigenvalue weighted by Gasteiger charge is -2.54. The van der Waals surface area contributed by atoms with Crippen LogP contribution < -0.4 is 14.2 Å². The maximum absolute atomic E-state index is 10.8. The van der Waals surface area contributed by atoms with Gasteiger partial charge in [-0.05, 0) is 18.8 Å². The monoisotopic (exact) mass is 544 g/mol. The van der Waals surface area contributed by atoms with Crippen LogP contribution in [0.2, 0.25) is 0 Å². The maximum atomic E-state index is 10.8. The fourth-order valence-electron chi connectivity index (χ4n) is 8.19. The first-order chi connectivity index (χ1) is 19.0. The standard InChI is InChI=1S/C27H32N2O10/c1-34-3-2-11-7-29-15-6-27-18(29)4-12(11)13(15)9-35-26(27)28-14-5-16-23(37-10-36-16)24(19(14)27)39-25-22(33)21(32)20(31)17(8-30)38-25/h2,5,12-13,15,17-18,20-22,25,30-33H,3-4,6-10H2,1H3/b11-2+/t12-,13?,15+,17-,18+,20-,21+,22-,25+,27-/m1/s1. The van der Waals surface area contributed by atoms with E-state index in [1.54, 1.807) is 7.11 Å². The molecule has 4 N–H and O–H groups in total. The molecule has 6 fully saturated rings. The Morgan fingerprint density at radius 1 is 1.18 bits per heavy atom. The summed E-state index contributed by atoms with van der Waals surface area (Å²) in [6.07, 6.45) is -3.13. The number of methoxy groups -OCH3 is 1. The Morgan fingerprint density at radius 2 is 2.05 bits per heavy atom. The molecule has 12 heteroatoms. The largest absolute Gasteiger partial charge is 0.480 e. The molecule has 0 aliphatic carbocycles. The molecule has 210 valence electrons. The summed E-state index contributed by atoms with van der Waals surface area (Å²) >= 11 is 0. The second kappa shape index (κ2) is 8.53. The molecule has 11 atom stereocenters. The minimum absolute atomic E-state index is 0.000674. The molecule has 2 unspecified atom stereocenters.